The number of aromatic nitrogens is 5. The SMILES string of the molecule is CCOC(=O)c1sc(Nc2nc(NCc3ccc(OC)c(OC)c3OC)c3c(ncn3CC)n2)nc1C. The number of carbonyl (C=O) groups excluding carboxylic acids is 1. The Hall–Kier alpha value is -4.13. The van der Waals surface area contributed by atoms with Gasteiger partial charge in [0.05, 0.1) is 40.0 Å². The molecular formula is C24H29N7O5S. The molecule has 0 aliphatic heterocycles. The molecule has 37 heavy (non-hydrogen) atoms. The number of esters is 1. The zero-order valence-corrected chi connectivity index (χ0v) is 22.4. The maximum Gasteiger partial charge on any atom is 0.350 e. The number of ether oxygens (including phenoxy) is 4. The molecule has 0 unspecified atom stereocenters. The van der Waals surface area contributed by atoms with Crippen molar-refractivity contribution in [1.82, 2.24) is 24.5 Å². The van der Waals surface area contributed by atoms with Gasteiger partial charge in [0.1, 0.15) is 10.4 Å². The summed E-state index contributed by atoms with van der Waals surface area (Å²) in [6.07, 6.45) is 1.72. The summed E-state index contributed by atoms with van der Waals surface area (Å²) in [5, 5.41) is 6.96. The topological polar surface area (TPSA) is 135 Å². The Kier molecular flexibility index (Phi) is 7.92. The minimum Gasteiger partial charge on any atom is -0.493 e. The van der Waals surface area contributed by atoms with Gasteiger partial charge in [-0.25, -0.2) is 14.8 Å². The van der Waals surface area contributed by atoms with Crippen molar-refractivity contribution in [2.75, 3.05) is 38.6 Å². The van der Waals surface area contributed by atoms with Crippen molar-refractivity contribution in [2.45, 2.75) is 33.9 Å². The average Bonchev–Trinajstić information content (AvgIpc) is 3.49. The summed E-state index contributed by atoms with van der Waals surface area (Å²) in [7, 11) is 4.72. The minimum absolute atomic E-state index is 0.290. The number of imidazole rings is 1. The molecule has 196 valence electrons. The Labute approximate surface area is 218 Å². The van der Waals surface area contributed by atoms with Crippen LogP contribution in [0.2, 0.25) is 0 Å². The fourth-order valence-electron chi connectivity index (χ4n) is 3.81. The van der Waals surface area contributed by atoms with Crippen molar-refractivity contribution in [3.8, 4) is 17.2 Å². The number of thiazole rings is 1. The lowest BCUT2D eigenvalue weighted by atomic mass is 10.1. The summed E-state index contributed by atoms with van der Waals surface area (Å²) in [5.74, 6) is 2.10. The number of nitrogens with zero attached hydrogens (tertiary/aromatic N) is 5. The van der Waals surface area contributed by atoms with Crippen LogP contribution < -0.4 is 24.8 Å². The molecule has 12 nitrogen and oxygen atoms in total. The smallest absolute Gasteiger partial charge is 0.350 e. The molecular weight excluding hydrogens is 498 g/mol. The highest BCUT2D eigenvalue weighted by molar-refractivity contribution is 7.17. The number of benzene rings is 1. The second-order valence-corrected chi connectivity index (χ2v) is 8.72. The normalized spacial score (nSPS) is 10.9. The minimum atomic E-state index is -0.408. The maximum atomic E-state index is 12.2. The van der Waals surface area contributed by atoms with Crippen molar-refractivity contribution in [3.63, 3.8) is 0 Å². The quantitative estimate of drug-likeness (QED) is 0.272. The number of carbonyl (C=O) groups is 1. The fourth-order valence-corrected chi connectivity index (χ4v) is 4.67. The van der Waals surface area contributed by atoms with E-state index in [-0.39, 0.29) is 0 Å². The van der Waals surface area contributed by atoms with Crippen molar-refractivity contribution in [3.05, 3.63) is 34.6 Å². The molecule has 3 aromatic heterocycles. The Morgan fingerprint density at radius 3 is 2.51 bits per heavy atom. The lowest BCUT2D eigenvalue weighted by Gasteiger charge is -2.17. The molecule has 0 amide bonds. The van der Waals surface area contributed by atoms with E-state index >= 15 is 0 Å². The number of aryl methyl sites for hydroxylation is 2. The first-order valence-corrected chi connectivity index (χ1v) is 12.4. The number of fused-ring (bicyclic) bond motifs is 1. The van der Waals surface area contributed by atoms with E-state index in [0.717, 1.165) is 11.1 Å². The molecule has 3 heterocycles. The molecule has 0 saturated carbocycles. The molecule has 0 aliphatic carbocycles. The Morgan fingerprint density at radius 1 is 1.05 bits per heavy atom. The van der Waals surface area contributed by atoms with Gasteiger partial charge in [0.15, 0.2) is 28.1 Å². The molecule has 2 N–H and O–H groups in total. The van der Waals surface area contributed by atoms with Gasteiger partial charge >= 0.3 is 5.97 Å². The average molecular weight is 528 g/mol. The van der Waals surface area contributed by atoms with Crippen LogP contribution in [0.3, 0.4) is 0 Å². The molecule has 0 saturated heterocycles. The first-order valence-electron chi connectivity index (χ1n) is 11.6. The summed E-state index contributed by atoms with van der Waals surface area (Å²) in [6.45, 7) is 6.90. The predicted molar refractivity (Wildman–Crippen MR) is 141 cm³/mol. The molecule has 1 aromatic carbocycles. The third-order valence-electron chi connectivity index (χ3n) is 5.52. The van der Waals surface area contributed by atoms with Gasteiger partial charge in [0.2, 0.25) is 11.7 Å². The van der Waals surface area contributed by atoms with Gasteiger partial charge < -0.3 is 28.8 Å². The van der Waals surface area contributed by atoms with Crippen LogP contribution in [0.15, 0.2) is 18.5 Å². The summed E-state index contributed by atoms with van der Waals surface area (Å²) in [6, 6.07) is 3.72. The van der Waals surface area contributed by atoms with Gasteiger partial charge in [-0.15, -0.1) is 0 Å². The van der Waals surface area contributed by atoms with E-state index in [1.54, 1.807) is 41.5 Å². The van der Waals surface area contributed by atoms with Gasteiger partial charge in [-0.05, 0) is 32.9 Å². The van der Waals surface area contributed by atoms with Crippen molar-refractivity contribution < 1.29 is 23.7 Å². The van der Waals surface area contributed by atoms with Crippen molar-refractivity contribution in [1.29, 1.82) is 0 Å². The van der Waals surface area contributed by atoms with Gasteiger partial charge in [0, 0.05) is 18.7 Å². The standard InChI is InChI=1S/C24H29N7O5S/c1-7-31-12-26-21-16(31)20(25-11-14-9-10-15(33-4)18(35-6)17(14)34-5)28-23(29-21)30-24-27-13(3)19(37-24)22(32)36-8-2/h9-10,12H,7-8,11H2,1-6H3,(H2,25,27,28,29,30). The van der Waals surface area contributed by atoms with Gasteiger partial charge in [0.25, 0.3) is 0 Å². The van der Waals surface area contributed by atoms with Gasteiger partial charge in [-0.3, -0.25) is 5.32 Å². The van der Waals surface area contributed by atoms with Crippen LogP contribution >= 0.6 is 11.3 Å². The molecule has 4 rings (SSSR count). The highest BCUT2D eigenvalue weighted by Gasteiger charge is 2.20. The number of rotatable bonds is 11. The van der Waals surface area contributed by atoms with E-state index in [0.29, 0.717) is 70.1 Å². The van der Waals surface area contributed by atoms with E-state index in [1.165, 1.54) is 11.3 Å². The van der Waals surface area contributed by atoms with Crippen LogP contribution in [0.1, 0.15) is 34.8 Å². The Morgan fingerprint density at radius 2 is 1.84 bits per heavy atom. The fraction of sp³-hybridized carbons (Fsp3) is 0.375. The number of hydrogen-bond donors (Lipinski definition) is 2. The summed E-state index contributed by atoms with van der Waals surface area (Å²) in [5.41, 5.74) is 2.69. The van der Waals surface area contributed by atoms with Crippen LogP contribution in [0, 0.1) is 6.92 Å². The monoisotopic (exact) mass is 527 g/mol. The molecule has 0 fully saturated rings. The third-order valence-corrected chi connectivity index (χ3v) is 6.57. The van der Waals surface area contributed by atoms with E-state index in [1.807, 2.05) is 23.6 Å². The van der Waals surface area contributed by atoms with Crippen LogP contribution in [-0.4, -0.2) is 58.4 Å². The van der Waals surface area contributed by atoms with Gasteiger partial charge in [-0.2, -0.15) is 9.97 Å². The number of anilines is 3. The largest absolute Gasteiger partial charge is 0.493 e. The van der Waals surface area contributed by atoms with Crippen LogP contribution in [0.25, 0.3) is 11.2 Å². The van der Waals surface area contributed by atoms with E-state index in [4.69, 9.17) is 23.9 Å². The molecule has 0 radical (unpaired) electrons. The van der Waals surface area contributed by atoms with Crippen LogP contribution in [0.5, 0.6) is 17.2 Å². The highest BCUT2D eigenvalue weighted by Crippen LogP contribution is 2.40. The lowest BCUT2D eigenvalue weighted by Crippen LogP contribution is -2.09. The Balaban J connectivity index is 1.67. The van der Waals surface area contributed by atoms with E-state index < -0.39 is 5.97 Å². The zero-order valence-electron chi connectivity index (χ0n) is 21.5. The van der Waals surface area contributed by atoms with E-state index in [9.17, 15) is 4.79 Å². The third kappa shape index (κ3) is 5.21. The summed E-state index contributed by atoms with van der Waals surface area (Å²) >= 11 is 1.18. The molecule has 0 atom stereocenters. The summed E-state index contributed by atoms with van der Waals surface area (Å²) in [4.78, 5) is 30.8. The molecule has 0 aliphatic rings. The molecule has 0 spiro atoms. The van der Waals surface area contributed by atoms with Crippen LogP contribution in [0.4, 0.5) is 16.9 Å². The van der Waals surface area contributed by atoms with Crippen molar-refractivity contribution in [2.24, 2.45) is 0 Å². The zero-order chi connectivity index (χ0) is 26.5. The summed E-state index contributed by atoms with van der Waals surface area (Å²) < 4.78 is 23.6. The second-order valence-electron chi connectivity index (χ2n) is 7.72. The first kappa shape index (κ1) is 25.9. The highest BCUT2D eigenvalue weighted by atomic mass is 32.1. The molecule has 0 bridgehead atoms. The second kappa shape index (κ2) is 11.3. The molecule has 4 aromatic rings. The number of methoxy groups -OCH3 is 3. The first-order chi connectivity index (χ1) is 17.9. The van der Waals surface area contributed by atoms with Gasteiger partial charge in [-0.1, -0.05) is 11.3 Å². The lowest BCUT2D eigenvalue weighted by molar-refractivity contribution is 0.0531. The molecule has 13 heteroatoms. The van der Waals surface area contributed by atoms with Crippen molar-refractivity contribution >= 4 is 45.4 Å². The number of hydrogen-bond acceptors (Lipinski definition) is 12. The number of nitrogens with one attached hydrogen (secondary N) is 2. The van der Waals surface area contributed by atoms with E-state index in [2.05, 4.69) is 25.6 Å². The Bertz CT molecular complexity index is 1420. The maximum absolute atomic E-state index is 12.2. The predicted octanol–water partition coefficient (Wildman–Crippen LogP) is 4.17. The van der Waals surface area contributed by atoms with Crippen LogP contribution in [-0.2, 0) is 17.8 Å².